The van der Waals surface area contributed by atoms with Crippen LogP contribution in [-0.4, -0.2) is 51.4 Å². The molecule has 0 atom stereocenters. The van der Waals surface area contributed by atoms with Crippen molar-refractivity contribution in [3.8, 4) is 0 Å². The van der Waals surface area contributed by atoms with Crippen LogP contribution in [0.15, 0.2) is 53.4 Å². The predicted octanol–water partition coefficient (Wildman–Crippen LogP) is 2.98. The Morgan fingerprint density at radius 1 is 0.857 bits per heavy atom. The minimum absolute atomic E-state index is 0.0905. The highest BCUT2D eigenvalue weighted by molar-refractivity contribution is 7.89. The molecular formula is C20H22ClN3O3S. The molecule has 6 nitrogen and oxygen atoms in total. The monoisotopic (exact) mass is 419 g/mol. The largest absolute Gasteiger partial charge is 0.369 e. The van der Waals surface area contributed by atoms with Gasteiger partial charge < -0.3 is 9.80 Å². The summed E-state index contributed by atoms with van der Waals surface area (Å²) in [5.41, 5.74) is 1.76. The highest BCUT2D eigenvalue weighted by Gasteiger charge is 2.29. The van der Waals surface area contributed by atoms with Gasteiger partial charge in [0.25, 0.3) is 0 Å². The van der Waals surface area contributed by atoms with Crippen LogP contribution < -0.4 is 9.80 Å². The first-order chi connectivity index (χ1) is 13.4. The van der Waals surface area contributed by atoms with Crippen LogP contribution >= 0.6 is 11.6 Å². The van der Waals surface area contributed by atoms with Gasteiger partial charge in [-0.1, -0.05) is 17.7 Å². The molecule has 2 aliphatic heterocycles. The van der Waals surface area contributed by atoms with Crippen LogP contribution in [0.5, 0.6) is 0 Å². The summed E-state index contributed by atoms with van der Waals surface area (Å²) in [6.45, 7) is 2.75. The number of sulfonamides is 1. The van der Waals surface area contributed by atoms with Gasteiger partial charge in [-0.05, 0) is 48.9 Å². The third-order valence-electron chi connectivity index (χ3n) is 5.27. The molecule has 4 rings (SSSR count). The number of piperazine rings is 1. The fourth-order valence-electron chi connectivity index (χ4n) is 3.73. The smallest absolute Gasteiger partial charge is 0.243 e. The minimum atomic E-state index is -3.55. The molecule has 2 aromatic rings. The maximum absolute atomic E-state index is 13.0. The molecule has 0 N–H and O–H groups in total. The Kier molecular flexibility index (Phi) is 5.31. The topological polar surface area (TPSA) is 60.9 Å². The van der Waals surface area contributed by atoms with Gasteiger partial charge >= 0.3 is 0 Å². The molecule has 0 radical (unpaired) electrons. The van der Waals surface area contributed by atoms with Crippen molar-refractivity contribution in [3.05, 3.63) is 53.6 Å². The van der Waals surface area contributed by atoms with Gasteiger partial charge in [0.15, 0.2) is 0 Å². The quantitative estimate of drug-likeness (QED) is 0.764. The summed E-state index contributed by atoms with van der Waals surface area (Å²) in [5.74, 6) is 0.0905. The van der Waals surface area contributed by atoms with Crippen LogP contribution in [0.25, 0.3) is 0 Å². The van der Waals surface area contributed by atoms with E-state index in [4.69, 9.17) is 11.6 Å². The highest BCUT2D eigenvalue weighted by Crippen LogP contribution is 2.26. The molecule has 0 bridgehead atoms. The molecule has 0 aromatic heterocycles. The zero-order valence-electron chi connectivity index (χ0n) is 15.4. The van der Waals surface area contributed by atoms with Gasteiger partial charge in [-0.25, -0.2) is 8.42 Å². The summed E-state index contributed by atoms with van der Waals surface area (Å²) in [4.78, 5) is 16.0. The Balaban J connectivity index is 1.45. The number of hydrogen-bond donors (Lipinski definition) is 0. The number of amides is 1. The molecule has 148 valence electrons. The van der Waals surface area contributed by atoms with Crippen molar-refractivity contribution in [1.29, 1.82) is 0 Å². The van der Waals surface area contributed by atoms with Crippen molar-refractivity contribution in [2.45, 2.75) is 17.7 Å². The standard InChI is InChI=1S/C20H22ClN3O3S/c21-16-3-1-4-18(15-16)22-11-13-23(14-12-22)28(26,27)19-8-6-17(7-9-19)24-10-2-5-20(24)25/h1,3-4,6-9,15H,2,5,10-14H2. The number of benzene rings is 2. The number of anilines is 2. The van der Waals surface area contributed by atoms with Gasteiger partial charge in [0.2, 0.25) is 15.9 Å². The molecule has 8 heteroatoms. The number of nitrogens with zero attached hydrogens (tertiary/aromatic N) is 3. The van der Waals surface area contributed by atoms with Gasteiger partial charge in [0.05, 0.1) is 4.90 Å². The average molecular weight is 420 g/mol. The van der Waals surface area contributed by atoms with E-state index >= 15 is 0 Å². The molecule has 1 amide bonds. The van der Waals surface area contributed by atoms with E-state index in [1.54, 1.807) is 29.2 Å². The Morgan fingerprint density at radius 3 is 2.18 bits per heavy atom. The molecule has 2 fully saturated rings. The molecule has 2 heterocycles. The lowest BCUT2D eigenvalue weighted by atomic mass is 10.2. The maximum atomic E-state index is 13.0. The minimum Gasteiger partial charge on any atom is -0.369 e. The van der Waals surface area contributed by atoms with Crippen molar-refractivity contribution < 1.29 is 13.2 Å². The maximum Gasteiger partial charge on any atom is 0.243 e. The summed E-state index contributed by atoms with van der Waals surface area (Å²) in [7, 11) is -3.55. The van der Waals surface area contributed by atoms with Crippen LogP contribution in [-0.2, 0) is 14.8 Å². The van der Waals surface area contributed by atoms with E-state index in [1.165, 1.54) is 4.31 Å². The fourth-order valence-corrected chi connectivity index (χ4v) is 5.33. The van der Waals surface area contributed by atoms with Gasteiger partial charge in [0, 0.05) is 55.5 Å². The predicted molar refractivity (Wildman–Crippen MR) is 110 cm³/mol. The van der Waals surface area contributed by atoms with Crippen molar-refractivity contribution >= 4 is 38.9 Å². The second kappa shape index (κ2) is 7.73. The van der Waals surface area contributed by atoms with Gasteiger partial charge in [-0.2, -0.15) is 4.31 Å². The van der Waals surface area contributed by atoms with Crippen LogP contribution in [0.3, 0.4) is 0 Å². The third kappa shape index (κ3) is 3.74. The zero-order chi connectivity index (χ0) is 19.7. The molecule has 0 saturated carbocycles. The molecule has 2 aliphatic rings. The van der Waals surface area contributed by atoms with Gasteiger partial charge in [0.1, 0.15) is 0 Å². The Labute approximate surface area is 170 Å². The Morgan fingerprint density at radius 2 is 1.57 bits per heavy atom. The van der Waals surface area contributed by atoms with Crippen LogP contribution in [0.1, 0.15) is 12.8 Å². The molecule has 0 spiro atoms. The van der Waals surface area contributed by atoms with Gasteiger partial charge in [-0.3, -0.25) is 4.79 Å². The first kappa shape index (κ1) is 19.2. The molecule has 28 heavy (non-hydrogen) atoms. The zero-order valence-corrected chi connectivity index (χ0v) is 17.0. The Hall–Kier alpha value is -2.09. The summed E-state index contributed by atoms with van der Waals surface area (Å²) < 4.78 is 27.5. The van der Waals surface area contributed by atoms with Crippen LogP contribution in [0.2, 0.25) is 5.02 Å². The molecule has 2 saturated heterocycles. The number of carbonyl (C=O) groups is 1. The van der Waals surface area contributed by atoms with Crippen LogP contribution in [0, 0.1) is 0 Å². The van der Waals surface area contributed by atoms with E-state index in [-0.39, 0.29) is 10.8 Å². The molecule has 0 aliphatic carbocycles. The number of rotatable bonds is 4. The fraction of sp³-hybridized carbons (Fsp3) is 0.350. The summed E-state index contributed by atoms with van der Waals surface area (Å²) in [6.07, 6.45) is 1.40. The molecule has 0 unspecified atom stereocenters. The SMILES string of the molecule is O=C1CCCN1c1ccc(S(=O)(=O)N2CCN(c3cccc(Cl)c3)CC2)cc1. The van der Waals surface area contributed by atoms with E-state index < -0.39 is 10.0 Å². The lowest BCUT2D eigenvalue weighted by molar-refractivity contribution is -0.117. The first-order valence-electron chi connectivity index (χ1n) is 9.36. The summed E-state index contributed by atoms with van der Waals surface area (Å²) in [6, 6.07) is 14.2. The summed E-state index contributed by atoms with van der Waals surface area (Å²) in [5, 5.41) is 0.670. The van der Waals surface area contributed by atoms with E-state index in [0.717, 1.165) is 17.8 Å². The average Bonchev–Trinajstić information content (AvgIpc) is 3.14. The van der Waals surface area contributed by atoms with Crippen molar-refractivity contribution in [1.82, 2.24) is 4.31 Å². The number of carbonyl (C=O) groups excluding carboxylic acids is 1. The number of halogens is 1. The second-order valence-corrected chi connectivity index (χ2v) is 9.39. The van der Waals surface area contributed by atoms with E-state index in [2.05, 4.69) is 4.90 Å². The molecule has 2 aromatic carbocycles. The van der Waals surface area contributed by atoms with Crippen molar-refractivity contribution in [3.63, 3.8) is 0 Å². The summed E-state index contributed by atoms with van der Waals surface area (Å²) >= 11 is 6.06. The van der Waals surface area contributed by atoms with Crippen molar-refractivity contribution in [2.24, 2.45) is 0 Å². The second-order valence-electron chi connectivity index (χ2n) is 7.01. The van der Waals surface area contributed by atoms with E-state index in [9.17, 15) is 13.2 Å². The lowest BCUT2D eigenvalue weighted by Gasteiger charge is -2.35. The number of hydrogen-bond acceptors (Lipinski definition) is 4. The Bertz CT molecular complexity index is 970. The van der Waals surface area contributed by atoms with Crippen molar-refractivity contribution in [2.75, 3.05) is 42.5 Å². The lowest BCUT2D eigenvalue weighted by Crippen LogP contribution is -2.48. The van der Waals surface area contributed by atoms with E-state index in [0.29, 0.717) is 44.2 Å². The van der Waals surface area contributed by atoms with Gasteiger partial charge in [-0.15, -0.1) is 0 Å². The third-order valence-corrected chi connectivity index (χ3v) is 7.42. The first-order valence-corrected chi connectivity index (χ1v) is 11.2. The highest BCUT2D eigenvalue weighted by atomic mass is 35.5. The van der Waals surface area contributed by atoms with Crippen LogP contribution in [0.4, 0.5) is 11.4 Å². The molecular weight excluding hydrogens is 398 g/mol. The van der Waals surface area contributed by atoms with E-state index in [1.807, 2.05) is 24.3 Å². The normalized spacial score (nSPS) is 18.7.